The number of aryl methyl sites for hydroxylation is 2. The van der Waals surface area contributed by atoms with Gasteiger partial charge in [0, 0.05) is 17.7 Å². The smallest absolute Gasteiger partial charge is 0.269 e. The van der Waals surface area contributed by atoms with Crippen LogP contribution in [0.15, 0.2) is 70.9 Å². The van der Waals surface area contributed by atoms with Crippen molar-refractivity contribution in [2.75, 3.05) is 0 Å². The Hall–Kier alpha value is -3.78. The van der Waals surface area contributed by atoms with Crippen molar-refractivity contribution in [3.8, 4) is 11.5 Å². The van der Waals surface area contributed by atoms with Crippen molar-refractivity contribution in [3.05, 3.63) is 87.5 Å². The highest BCUT2D eigenvalue weighted by Gasteiger charge is 2.11. The molecule has 0 heterocycles. The highest BCUT2D eigenvalue weighted by Crippen LogP contribution is 2.29. The molecule has 0 saturated carbocycles. The number of aliphatic hydroxyl groups is 1. The molecule has 1 atom stereocenters. The number of aliphatic hydroxyl groups excluding tert-OH is 1. The number of rotatable bonds is 6. The fraction of sp³-hybridized carbons (Fsp3) is 0.143. The molecule has 2 N–H and O–H groups in total. The summed E-state index contributed by atoms with van der Waals surface area (Å²) >= 11 is 0. The van der Waals surface area contributed by atoms with E-state index in [1.54, 1.807) is 50.2 Å². The summed E-state index contributed by atoms with van der Waals surface area (Å²) in [6, 6.07) is 15.6. The number of hydrogen-bond donors (Lipinski definition) is 2. The van der Waals surface area contributed by atoms with Crippen molar-refractivity contribution in [2.24, 2.45) is 10.2 Å². The van der Waals surface area contributed by atoms with Crippen molar-refractivity contribution in [2.45, 2.75) is 20.1 Å². The number of aromatic hydroxyl groups is 1. The SMILES string of the molecule is Cc1cc(/N=N/c2ccc(C(O)Oc3ccc([N+](=O)[O-])cc3)cc2)cc(C)c1O. The third-order valence-corrected chi connectivity index (χ3v) is 4.23. The van der Waals surface area contributed by atoms with Crippen LogP contribution in [-0.2, 0) is 0 Å². The van der Waals surface area contributed by atoms with Gasteiger partial charge in [-0.25, -0.2) is 0 Å². The van der Waals surface area contributed by atoms with Gasteiger partial charge in [0.25, 0.3) is 5.69 Å². The van der Waals surface area contributed by atoms with Crippen molar-refractivity contribution in [1.29, 1.82) is 0 Å². The number of nitro benzene ring substituents is 1. The second kappa shape index (κ2) is 8.49. The monoisotopic (exact) mass is 393 g/mol. The summed E-state index contributed by atoms with van der Waals surface area (Å²) in [6.45, 7) is 3.59. The van der Waals surface area contributed by atoms with Crippen LogP contribution in [0.25, 0.3) is 0 Å². The Bertz CT molecular complexity index is 1020. The summed E-state index contributed by atoms with van der Waals surface area (Å²) in [7, 11) is 0. The third-order valence-electron chi connectivity index (χ3n) is 4.23. The highest BCUT2D eigenvalue weighted by atomic mass is 16.6. The molecule has 0 saturated heterocycles. The molecule has 0 spiro atoms. The molecule has 0 aromatic heterocycles. The summed E-state index contributed by atoms with van der Waals surface area (Å²) in [6.07, 6.45) is -1.23. The van der Waals surface area contributed by atoms with Crippen LogP contribution < -0.4 is 4.74 Å². The molecule has 0 bridgehead atoms. The Morgan fingerprint density at radius 2 is 1.48 bits per heavy atom. The fourth-order valence-corrected chi connectivity index (χ4v) is 2.66. The zero-order valence-corrected chi connectivity index (χ0v) is 15.8. The minimum absolute atomic E-state index is 0.0550. The van der Waals surface area contributed by atoms with Crippen LogP contribution in [0.3, 0.4) is 0 Å². The summed E-state index contributed by atoms with van der Waals surface area (Å²) in [5, 5.41) is 39.0. The molecule has 148 valence electrons. The van der Waals surface area contributed by atoms with Gasteiger partial charge in [0.05, 0.1) is 16.3 Å². The maximum atomic E-state index is 10.7. The normalized spacial score (nSPS) is 12.1. The first-order valence-corrected chi connectivity index (χ1v) is 8.74. The van der Waals surface area contributed by atoms with E-state index in [0.29, 0.717) is 22.7 Å². The predicted molar refractivity (Wildman–Crippen MR) is 107 cm³/mol. The van der Waals surface area contributed by atoms with Gasteiger partial charge in [-0.3, -0.25) is 10.1 Å². The number of azo groups is 1. The van der Waals surface area contributed by atoms with Gasteiger partial charge in [0.2, 0.25) is 6.29 Å². The lowest BCUT2D eigenvalue weighted by Gasteiger charge is -2.13. The Kier molecular flexibility index (Phi) is 5.85. The molecule has 29 heavy (non-hydrogen) atoms. The molecule has 0 aliphatic carbocycles. The van der Waals surface area contributed by atoms with Crippen molar-refractivity contribution in [3.63, 3.8) is 0 Å². The molecule has 0 aliphatic rings. The average Bonchev–Trinajstić information content (AvgIpc) is 2.71. The first-order valence-electron chi connectivity index (χ1n) is 8.74. The summed E-state index contributed by atoms with van der Waals surface area (Å²) in [4.78, 5) is 10.2. The van der Waals surface area contributed by atoms with Gasteiger partial charge in [0.1, 0.15) is 11.5 Å². The summed E-state index contributed by atoms with van der Waals surface area (Å²) < 4.78 is 5.40. The number of benzene rings is 3. The van der Waals surface area contributed by atoms with Crippen LogP contribution in [-0.4, -0.2) is 15.1 Å². The van der Waals surface area contributed by atoms with Crippen LogP contribution in [0.1, 0.15) is 23.0 Å². The van der Waals surface area contributed by atoms with Crippen LogP contribution in [0.4, 0.5) is 17.1 Å². The lowest BCUT2D eigenvalue weighted by molar-refractivity contribution is -0.384. The van der Waals surface area contributed by atoms with E-state index in [9.17, 15) is 20.3 Å². The summed E-state index contributed by atoms with van der Waals surface area (Å²) in [5.41, 5.74) is 3.10. The topological polar surface area (TPSA) is 118 Å². The second-order valence-electron chi connectivity index (χ2n) is 6.44. The molecule has 3 rings (SSSR count). The maximum absolute atomic E-state index is 10.7. The quantitative estimate of drug-likeness (QED) is 0.251. The minimum Gasteiger partial charge on any atom is -0.507 e. The molecular weight excluding hydrogens is 374 g/mol. The molecular formula is C21H19N3O5. The number of nitrogens with zero attached hydrogens (tertiary/aromatic N) is 3. The number of nitro groups is 1. The maximum Gasteiger partial charge on any atom is 0.269 e. The zero-order valence-electron chi connectivity index (χ0n) is 15.8. The van der Waals surface area contributed by atoms with E-state index in [2.05, 4.69) is 10.2 Å². The molecule has 3 aromatic rings. The number of ether oxygens (including phenoxy) is 1. The van der Waals surface area contributed by atoms with E-state index < -0.39 is 11.2 Å². The summed E-state index contributed by atoms with van der Waals surface area (Å²) in [5.74, 6) is 0.556. The average molecular weight is 393 g/mol. The molecule has 0 amide bonds. The zero-order chi connectivity index (χ0) is 21.0. The largest absolute Gasteiger partial charge is 0.507 e. The highest BCUT2D eigenvalue weighted by molar-refractivity contribution is 5.51. The third kappa shape index (κ3) is 4.94. The molecule has 3 aromatic carbocycles. The van der Waals surface area contributed by atoms with E-state index in [1.165, 1.54) is 24.3 Å². The van der Waals surface area contributed by atoms with Crippen molar-refractivity contribution in [1.82, 2.24) is 0 Å². The van der Waals surface area contributed by atoms with E-state index in [-0.39, 0.29) is 11.4 Å². The van der Waals surface area contributed by atoms with E-state index in [0.717, 1.165) is 11.1 Å². The molecule has 1 unspecified atom stereocenters. The molecule has 0 aliphatic heterocycles. The Labute approximate surface area is 166 Å². The van der Waals surface area contributed by atoms with Gasteiger partial charge in [-0.15, -0.1) is 0 Å². The van der Waals surface area contributed by atoms with Gasteiger partial charge in [0.15, 0.2) is 0 Å². The van der Waals surface area contributed by atoms with Crippen LogP contribution in [0, 0.1) is 24.0 Å². The van der Waals surface area contributed by atoms with Gasteiger partial charge in [-0.05, 0) is 61.4 Å². The number of non-ortho nitro benzene ring substituents is 1. The van der Waals surface area contributed by atoms with Gasteiger partial charge < -0.3 is 14.9 Å². The lowest BCUT2D eigenvalue weighted by Crippen LogP contribution is -2.06. The predicted octanol–water partition coefficient (Wildman–Crippen LogP) is 5.40. The first kappa shape index (κ1) is 20.0. The number of phenols is 1. The van der Waals surface area contributed by atoms with Gasteiger partial charge >= 0.3 is 0 Å². The van der Waals surface area contributed by atoms with Crippen LogP contribution in [0.2, 0.25) is 0 Å². The molecule has 8 nitrogen and oxygen atoms in total. The van der Waals surface area contributed by atoms with E-state index in [1.807, 2.05) is 0 Å². The van der Waals surface area contributed by atoms with Crippen molar-refractivity contribution < 1.29 is 19.9 Å². The Balaban J connectivity index is 1.67. The lowest BCUT2D eigenvalue weighted by atomic mass is 10.1. The Morgan fingerprint density at radius 3 is 2.03 bits per heavy atom. The standard InChI is InChI=1S/C21H19N3O5/c1-13-11-17(12-14(2)20(13)25)23-22-16-5-3-15(4-6-16)21(26)29-19-9-7-18(8-10-19)24(27)28/h3-12,21,25-26H,1-2H3/b23-22+. The molecule has 0 fully saturated rings. The van der Waals surface area contributed by atoms with Crippen molar-refractivity contribution >= 4 is 17.1 Å². The van der Waals surface area contributed by atoms with Gasteiger partial charge in [-0.2, -0.15) is 10.2 Å². The number of phenolic OH excluding ortho intramolecular Hbond substituents is 1. The van der Waals surface area contributed by atoms with E-state index >= 15 is 0 Å². The second-order valence-corrected chi connectivity index (χ2v) is 6.44. The fourth-order valence-electron chi connectivity index (χ4n) is 2.66. The van der Waals surface area contributed by atoms with Gasteiger partial charge in [-0.1, -0.05) is 12.1 Å². The van der Waals surface area contributed by atoms with Crippen LogP contribution in [0.5, 0.6) is 11.5 Å². The van der Waals surface area contributed by atoms with Crippen LogP contribution >= 0.6 is 0 Å². The number of hydrogen-bond acceptors (Lipinski definition) is 7. The van der Waals surface area contributed by atoms with E-state index in [4.69, 9.17) is 4.74 Å². The molecule has 8 heteroatoms. The first-order chi connectivity index (χ1) is 13.8. The minimum atomic E-state index is -1.23. The molecule has 0 radical (unpaired) electrons. The Morgan fingerprint density at radius 1 is 0.931 bits per heavy atom.